The van der Waals surface area contributed by atoms with E-state index in [1.54, 1.807) is 18.3 Å². The van der Waals surface area contributed by atoms with Crippen LogP contribution in [-0.2, 0) is 12.7 Å². The van der Waals surface area contributed by atoms with Gasteiger partial charge in [-0.3, -0.25) is 0 Å². The molecule has 2 heterocycles. The molecule has 0 spiro atoms. The van der Waals surface area contributed by atoms with E-state index in [4.69, 9.17) is 0 Å². The SMILES string of the molecule is Cc1nccn1Cc1cc(-c2cccc(C(F)(F)F)c2)cnn1. The van der Waals surface area contributed by atoms with Crippen LogP contribution in [0.25, 0.3) is 11.1 Å². The summed E-state index contributed by atoms with van der Waals surface area (Å²) in [5, 5.41) is 7.93. The Labute approximate surface area is 130 Å². The molecule has 3 rings (SSSR count). The molecule has 0 radical (unpaired) electrons. The highest BCUT2D eigenvalue weighted by molar-refractivity contribution is 5.63. The van der Waals surface area contributed by atoms with Crippen LogP contribution in [0.3, 0.4) is 0 Å². The topological polar surface area (TPSA) is 43.6 Å². The molecule has 0 fully saturated rings. The molecule has 0 aliphatic rings. The van der Waals surface area contributed by atoms with Crippen LogP contribution in [0.5, 0.6) is 0 Å². The van der Waals surface area contributed by atoms with Gasteiger partial charge in [-0.05, 0) is 30.7 Å². The van der Waals surface area contributed by atoms with Crippen molar-refractivity contribution < 1.29 is 13.2 Å². The Kier molecular flexibility index (Phi) is 3.85. The molecule has 4 nitrogen and oxygen atoms in total. The Morgan fingerprint density at radius 3 is 2.65 bits per heavy atom. The first-order chi connectivity index (χ1) is 10.9. The predicted octanol–water partition coefficient (Wildman–Crippen LogP) is 3.72. The van der Waals surface area contributed by atoms with E-state index in [0.29, 0.717) is 23.4 Å². The summed E-state index contributed by atoms with van der Waals surface area (Å²) in [4.78, 5) is 4.12. The molecule has 23 heavy (non-hydrogen) atoms. The highest BCUT2D eigenvalue weighted by Crippen LogP contribution is 2.32. The Hall–Kier alpha value is -2.70. The quantitative estimate of drug-likeness (QED) is 0.739. The fourth-order valence-electron chi connectivity index (χ4n) is 2.27. The third-order valence-electron chi connectivity index (χ3n) is 3.48. The molecule has 0 atom stereocenters. The van der Waals surface area contributed by atoms with Gasteiger partial charge < -0.3 is 4.57 Å². The van der Waals surface area contributed by atoms with Gasteiger partial charge in [0.2, 0.25) is 0 Å². The van der Waals surface area contributed by atoms with Crippen LogP contribution in [0, 0.1) is 6.92 Å². The number of hydrogen-bond acceptors (Lipinski definition) is 3. The van der Waals surface area contributed by atoms with Gasteiger partial charge >= 0.3 is 6.18 Å². The maximum absolute atomic E-state index is 12.8. The molecule has 0 aliphatic carbocycles. The van der Waals surface area contributed by atoms with Gasteiger partial charge in [-0.15, -0.1) is 0 Å². The van der Waals surface area contributed by atoms with E-state index in [0.717, 1.165) is 18.0 Å². The van der Waals surface area contributed by atoms with E-state index >= 15 is 0 Å². The number of hydrogen-bond donors (Lipinski definition) is 0. The Bertz CT molecular complexity index is 824. The van der Waals surface area contributed by atoms with Crippen LogP contribution in [0.15, 0.2) is 48.9 Å². The number of benzene rings is 1. The van der Waals surface area contributed by atoms with Crippen molar-refractivity contribution in [3.63, 3.8) is 0 Å². The number of aryl methyl sites for hydroxylation is 1. The number of nitrogens with zero attached hydrogens (tertiary/aromatic N) is 4. The van der Waals surface area contributed by atoms with E-state index < -0.39 is 11.7 Å². The molecule has 3 aromatic rings. The average Bonchev–Trinajstić information content (AvgIpc) is 2.92. The van der Waals surface area contributed by atoms with E-state index in [9.17, 15) is 13.2 Å². The number of imidazole rings is 1. The van der Waals surface area contributed by atoms with Crippen molar-refractivity contribution >= 4 is 0 Å². The molecule has 0 bridgehead atoms. The molecule has 118 valence electrons. The van der Waals surface area contributed by atoms with Crippen LogP contribution in [0.2, 0.25) is 0 Å². The van der Waals surface area contributed by atoms with Crippen molar-refractivity contribution in [1.29, 1.82) is 0 Å². The lowest BCUT2D eigenvalue weighted by atomic mass is 10.0. The third-order valence-corrected chi connectivity index (χ3v) is 3.48. The summed E-state index contributed by atoms with van der Waals surface area (Å²) in [6.07, 6.45) is 0.584. The number of halogens is 3. The number of rotatable bonds is 3. The van der Waals surface area contributed by atoms with Gasteiger partial charge in [-0.2, -0.15) is 23.4 Å². The lowest BCUT2D eigenvalue weighted by Crippen LogP contribution is -2.05. The average molecular weight is 318 g/mol. The molecule has 1 aromatic carbocycles. The van der Waals surface area contributed by atoms with Crippen molar-refractivity contribution in [1.82, 2.24) is 19.7 Å². The highest BCUT2D eigenvalue weighted by atomic mass is 19.4. The van der Waals surface area contributed by atoms with E-state index in [-0.39, 0.29) is 0 Å². The van der Waals surface area contributed by atoms with E-state index in [2.05, 4.69) is 15.2 Å². The fourth-order valence-corrected chi connectivity index (χ4v) is 2.27. The third kappa shape index (κ3) is 3.39. The lowest BCUT2D eigenvalue weighted by Gasteiger charge is -2.09. The summed E-state index contributed by atoms with van der Waals surface area (Å²) in [6, 6.07) is 6.91. The fraction of sp³-hybridized carbons (Fsp3) is 0.188. The monoisotopic (exact) mass is 318 g/mol. The predicted molar refractivity (Wildman–Crippen MR) is 78.5 cm³/mol. The minimum absolute atomic E-state index is 0.457. The standard InChI is InChI=1S/C16H13F3N4/c1-11-20-5-6-23(11)10-15-8-13(9-21-22-15)12-3-2-4-14(7-12)16(17,18)19/h2-9H,10H2,1H3. The van der Waals surface area contributed by atoms with Gasteiger partial charge in [0, 0.05) is 18.0 Å². The van der Waals surface area contributed by atoms with Crippen LogP contribution >= 0.6 is 0 Å². The second kappa shape index (κ2) is 5.83. The van der Waals surface area contributed by atoms with Gasteiger partial charge in [0.05, 0.1) is 24.0 Å². The minimum Gasteiger partial charge on any atom is -0.329 e. The number of alkyl halides is 3. The second-order valence-electron chi connectivity index (χ2n) is 5.12. The number of aromatic nitrogens is 4. The zero-order valence-corrected chi connectivity index (χ0v) is 12.2. The minimum atomic E-state index is -4.37. The molecule has 2 aromatic heterocycles. The first-order valence-corrected chi connectivity index (χ1v) is 6.90. The van der Waals surface area contributed by atoms with Gasteiger partial charge in [0.1, 0.15) is 5.82 Å². The largest absolute Gasteiger partial charge is 0.416 e. The molecule has 0 saturated heterocycles. The normalized spacial score (nSPS) is 11.7. The zero-order valence-electron chi connectivity index (χ0n) is 12.2. The summed E-state index contributed by atoms with van der Waals surface area (Å²) in [7, 11) is 0. The van der Waals surface area contributed by atoms with Crippen LogP contribution in [0.1, 0.15) is 17.1 Å². The summed E-state index contributed by atoms with van der Waals surface area (Å²) in [6.45, 7) is 2.33. The Balaban J connectivity index is 1.92. The Morgan fingerprint density at radius 1 is 1.13 bits per heavy atom. The smallest absolute Gasteiger partial charge is 0.329 e. The summed E-state index contributed by atoms with van der Waals surface area (Å²) < 4.78 is 40.4. The second-order valence-corrected chi connectivity index (χ2v) is 5.12. The Morgan fingerprint density at radius 2 is 1.96 bits per heavy atom. The summed E-state index contributed by atoms with van der Waals surface area (Å²) in [5.74, 6) is 0.830. The first kappa shape index (κ1) is 15.2. The molecule has 0 unspecified atom stereocenters. The van der Waals surface area contributed by atoms with Gasteiger partial charge in [0.25, 0.3) is 0 Å². The maximum atomic E-state index is 12.8. The van der Waals surface area contributed by atoms with Crippen molar-refractivity contribution in [2.24, 2.45) is 0 Å². The molecule has 0 amide bonds. The van der Waals surface area contributed by atoms with Crippen LogP contribution in [0.4, 0.5) is 13.2 Å². The van der Waals surface area contributed by atoms with Crippen molar-refractivity contribution in [3.05, 3.63) is 66.0 Å². The van der Waals surface area contributed by atoms with Crippen molar-refractivity contribution in [2.45, 2.75) is 19.6 Å². The molecule has 7 heteroatoms. The van der Waals surface area contributed by atoms with E-state index in [1.807, 2.05) is 17.7 Å². The van der Waals surface area contributed by atoms with Gasteiger partial charge in [-0.25, -0.2) is 4.98 Å². The first-order valence-electron chi connectivity index (χ1n) is 6.90. The lowest BCUT2D eigenvalue weighted by molar-refractivity contribution is -0.137. The summed E-state index contributed by atoms with van der Waals surface area (Å²) in [5.41, 5.74) is 1.03. The molecule has 0 aliphatic heterocycles. The van der Waals surface area contributed by atoms with Crippen molar-refractivity contribution in [3.8, 4) is 11.1 Å². The van der Waals surface area contributed by atoms with Crippen LogP contribution in [-0.4, -0.2) is 19.7 Å². The van der Waals surface area contributed by atoms with Gasteiger partial charge in [-0.1, -0.05) is 12.1 Å². The highest BCUT2D eigenvalue weighted by Gasteiger charge is 2.30. The molecule has 0 saturated carbocycles. The molecular formula is C16H13F3N4. The zero-order chi connectivity index (χ0) is 16.4. The summed E-state index contributed by atoms with van der Waals surface area (Å²) >= 11 is 0. The van der Waals surface area contributed by atoms with Gasteiger partial charge in [0.15, 0.2) is 0 Å². The van der Waals surface area contributed by atoms with Crippen LogP contribution < -0.4 is 0 Å². The molecule has 0 N–H and O–H groups in total. The van der Waals surface area contributed by atoms with Crippen molar-refractivity contribution in [2.75, 3.05) is 0 Å². The van der Waals surface area contributed by atoms with E-state index in [1.165, 1.54) is 12.3 Å². The molecular weight excluding hydrogens is 305 g/mol. The maximum Gasteiger partial charge on any atom is 0.416 e.